The van der Waals surface area contributed by atoms with Crippen molar-refractivity contribution in [3.63, 3.8) is 0 Å². The van der Waals surface area contributed by atoms with Gasteiger partial charge in [-0.1, -0.05) is 24.3 Å². The molecule has 1 aromatic heterocycles. The number of aryl methyl sites for hydroxylation is 2. The van der Waals surface area contributed by atoms with Gasteiger partial charge in [0, 0.05) is 15.1 Å². The Morgan fingerprint density at radius 3 is 2.06 bits per heavy atom. The Morgan fingerprint density at radius 1 is 1.06 bits per heavy atom. The fraction of sp³-hybridized carbons (Fsp3) is 0.286. The molecule has 0 aliphatic rings. The molecule has 90 valence electrons. The lowest BCUT2D eigenvalue weighted by Gasteiger charge is -2.07. The van der Waals surface area contributed by atoms with Gasteiger partial charge >= 0.3 is 0 Å². The van der Waals surface area contributed by atoms with E-state index in [-0.39, 0.29) is 0 Å². The summed E-state index contributed by atoms with van der Waals surface area (Å²) in [5.41, 5.74) is 2.54. The van der Waals surface area contributed by atoms with Crippen LogP contribution in [0.5, 0.6) is 0 Å². The van der Waals surface area contributed by atoms with Crippen molar-refractivity contribution in [2.45, 2.75) is 13.8 Å². The summed E-state index contributed by atoms with van der Waals surface area (Å²) in [6, 6.07) is 10.3. The molecule has 0 radical (unpaired) electrons. The largest absolute Gasteiger partial charge is 0.319 e. The Kier molecular flexibility index (Phi) is 3.29. The molecule has 0 aliphatic heterocycles. The van der Waals surface area contributed by atoms with E-state index in [1.807, 2.05) is 36.8 Å². The standard InChI is InChI=1S/C14H17OPS/c1-10-9-11(2)17-14(10)12-5-7-13(8-6-12)16(3,4)15/h5-9H,1-4H3. The topological polar surface area (TPSA) is 17.1 Å². The van der Waals surface area contributed by atoms with Crippen molar-refractivity contribution in [3.05, 3.63) is 40.8 Å². The predicted molar refractivity (Wildman–Crippen MR) is 78.3 cm³/mol. The Labute approximate surface area is 107 Å². The molecule has 0 saturated heterocycles. The van der Waals surface area contributed by atoms with Crippen molar-refractivity contribution in [1.29, 1.82) is 0 Å². The minimum Gasteiger partial charge on any atom is -0.319 e. The summed E-state index contributed by atoms with van der Waals surface area (Å²) in [5, 5.41) is 0.951. The van der Waals surface area contributed by atoms with Gasteiger partial charge in [-0.15, -0.1) is 11.3 Å². The molecule has 2 rings (SSSR count). The molecule has 0 aliphatic carbocycles. The van der Waals surface area contributed by atoms with Gasteiger partial charge < -0.3 is 4.57 Å². The zero-order chi connectivity index (χ0) is 12.6. The molecule has 0 saturated carbocycles. The molecule has 3 heteroatoms. The first-order chi connectivity index (χ1) is 7.88. The van der Waals surface area contributed by atoms with Gasteiger partial charge in [0.25, 0.3) is 0 Å². The van der Waals surface area contributed by atoms with E-state index in [1.54, 1.807) is 0 Å². The van der Waals surface area contributed by atoms with E-state index < -0.39 is 7.14 Å². The molecule has 1 heterocycles. The highest BCUT2D eigenvalue weighted by molar-refractivity contribution is 7.70. The van der Waals surface area contributed by atoms with Crippen LogP contribution in [0.3, 0.4) is 0 Å². The summed E-state index contributed by atoms with van der Waals surface area (Å²) < 4.78 is 11.9. The van der Waals surface area contributed by atoms with Gasteiger partial charge in [0.1, 0.15) is 7.14 Å². The first kappa shape index (κ1) is 12.6. The molecule has 0 fully saturated rings. The highest BCUT2D eigenvalue weighted by Crippen LogP contribution is 2.36. The molecule has 0 spiro atoms. The SMILES string of the molecule is Cc1cc(C)c(-c2ccc(P(C)(C)=O)cc2)s1. The molecule has 0 unspecified atom stereocenters. The first-order valence-electron chi connectivity index (χ1n) is 5.61. The maximum Gasteiger partial charge on any atom is 0.109 e. The third-order valence-electron chi connectivity index (χ3n) is 2.79. The first-order valence-corrected chi connectivity index (χ1v) is 9.03. The predicted octanol–water partition coefficient (Wildman–Crippen LogP) is 4.28. The summed E-state index contributed by atoms with van der Waals surface area (Å²) >= 11 is 1.81. The second-order valence-electron chi connectivity index (χ2n) is 4.77. The van der Waals surface area contributed by atoms with Gasteiger partial charge in [-0.3, -0.25) is 0 Å². The van der Waals surface area contributed by atoms with Crippen molar-refractivity contribution < 1.29 is 4.57 Å². The number of thiophene rings is 1. The Hall–Kier alpha value is -0.850. The lowest BCUT2D eigenvalue weighted by Crippen LogP contribution is -2.01. The molecule has 0 N–H and O–H groups in total. The molecule has 1 nitrogen and oxygen atoms in total. The summed E-state index contributed by atoms with van der Waals surface area (Å²) in [4.78, 5) is 2.65. The summed E-state index contributed by atoms with van der Waals surface area (Å²) in [6.07, 6.45) is 0. The number of hydrogen-bond donors (Lipinski definition) is 0. The average molecular weight is 264 g/mol. The summed E-state index contributed by atoms with van der Waals surface area (Å²) in [7, 11) is -2.13. The normalized spacial score (nSPS) is 11.8. The Morgan fingerprint density at radius 2 is 1.65 bits per heavy atom. The van der Waals surface area contributed by atoms with Gasteiger partial charge in [-0.2, -0.15) is 0 Å². The molecular weight excluding hydrogens is 247 g/mol. The summed E-state index contributed by atoms with van der Waals surface area (Å²) in [5.74, 6) is 0. The van der Waals surface area contributed by atoms with Crippen molar-refractivity contribution in [3.8, 4) is 10.4 Å². The average Bonchev–Trinajstić information content (AvgIpc) is 2.57. The molecule has 0 atom stereocenters. The smallest absolute Gasteiger partial charge is 0.109 e. The second kappa shape index (κ2) is 4.44. The third-order valence-corrected chi connectivity index (χ3v) is 5.54. The monoisotopic (exact) mass is 264 g/mol. The van der Waals surface area contributed by atoms with Gasteiger partial charge in [-0.05, 0) is 44.4 Å². The minimum absolute atomic E-state index is 0.951. The highest BCUT2D eigenvalue weighted by Gasteiger charge is 2.11. The van der Waals surface area contributed by atoms with Crippen LogP contribution < -0.4 is 5.30 Å². The highest BCUT2D eigenvalue weighted by atomic mass is 32.1. The van der Waals surface area contributed by atoms with Gasteiger partial charge in [0.2, 0.25) is 0 Å². The maximum atomic E-state index is 11.9. The Balaban J connectivity index is 2.43. The molecule has 2 aromatic rings. The molecular formula is C14H17OPS. The fourth-order valence-electron chi connectivity index (χ4n) is 1.90. The van der Waals surface area contributed by atoms with E-state index in [1.165, 1.54) is 20.9 Å². The minimum atomic E-state index is -2.13. The maximum absolute atomic E-state index is 11.9. The van der Waals surface area contributed by atoms with Crippen LogP contribution in [0.1, 0.15) is 10.4 Å². The van der Waals surface area contributed by atoms with Crippen LogP contribution in [0.15, 0.2) is 30.3 Å². The van der Waals surface area contributed by atoms with Crippen LogP contribution in [0.4, 0.5) is 0 Å². The van der Waals surface area contributed by atoms with E-state index in [0.717, 1.165) is 5.30 Å². The van der Waals surface area contributed by atoms with Crippen LogP contribution in [0.2, 0.25) is 0 Å². The van der Waals surface area contributed by atoms with Gasteiger partial charge in [0.05, 0.1) is 0 Å². The van der Waals surface area contributed by atoms with Crippen molar-refractivity contribution >= 4 is 23.8 Å². The lowest BCUT2D eigenvalue weighted by molar-refractivity contribution is 0.588. The quantitative estimate of drug-likeness (QED) is 0.740. The summed E-state index contributed by atoms with van der Waals surface area (Å²) in [6.45, 7) is 7.88. The van der Waals surface area contributed by atoms with Crippen LogP contribution in [0.25, 0.3) is 10.4 Å². The van der Waals surface area contributed by atoms with Crippen LogP contribution in [-0.4, -0.2) is 13.3 Å². The molecule has 17 heavy (non-hydrogen) atoms. The van der Waals surface area contributed by atoms with Crippen molar-refractivity contribution in [2.75, 3.05) is 13.3 Å². The second-order valence-corrected chi connectivity index (χ2v) is 9.24. The number of rotatable bonds is 2. The van der Waals surface area contributed by atoms with E-state index >= 15 is 0 Å². The zero-order valence-electron chi connectivity index (χ0n) is 10.7. The van der Waals surface area contributed by atoms with E-state index in [4.69, 9.17) is 0 Å². The van der Waals surface area contributed by atoms with Crippen molar-refractivity contribution in [1.82, 2.24) is 0 Å². The van der Waals surface area contributed by atoms with E-state index in [2.05, 4.69) is 32.0 Å². The zero-order valence-corrected chi connectivity index (χ0v) is 12.4. The molecule has 1 aromatic carbocycles. The van der Waals surface area contributed by atoms with Crippen LogP contribution >= 0.6 is 18.5 Å². The molecule has 0 amide bonds. The third kappa shape index (κ3) is 2.70. The van der Waals surface area contributed by atoms with Crippen LogP contribution in [-0.2, 0) is 4.57 Å². The van der Waals surface area contributed by atoms with Gasteiger partial charge in [0.15, 0.2) is 0 Å². The Bertz CT molecular complexity index is 575. The van der Waals surface area contributed by atoms with Gasteiger partial charge in [-0.25, -0.2) is 0 Å². The van der Waals surface area contributed by atoms with E-state index in [9.17, 15) is 4.57 Å². The van der Waals surface area contributed by atoms with E-state index in [0.29, 0.717) is 0 Å². The van der Waals surface area contributed by atoms with Crippen LogP contribution in [0, 0.1) is 13.8 Å². The number of hydrogen-bond acceptors (Lipinski definition) is 2. The lowest BCUT2D eigenvalue weighted by atomic mass is 10.1. The van der Waals surface area contributed by atoms with Crippen molar-refractivity contribution in [2.24, 2.45) is 0 Å². The fourth-order valence-corrected chi connectivity index (χ4v) is 3.80. The number of benzene rings is 1. The molecule has 0 bridgehead atoms.